The van der Waals surface area contributed by atoms with Crippen molar-refractivity contribution in [2.45, 2.75) is 0 Å². The van der Waals surface area contributed by atoms with Crippen molar-refractivity contribution < 1.29 is 0 Å². The third kappa shape index (κ3) is 1.39. The molecule has 2 N–H and O–H groups in total. The highest BCUT2D eigenvalue weighted by Gasteiger charge is 1.94. The number of aromatic amines is 1. The van der Waals surface area contributed by atoms with Gasteiger partial charge in [-0.1, -0.05) is 0 Å². The van der Waals surface area contributed by atoms with Crippen LogP contribution in [0.1, 0.15) is 0 Å². The second-order valence-electron chi connectivity index (χ2n) is 2.20. The summed E-state index contributed by atoms with van der Waals surface area (Å²) < 4.78 is 0. The van der Waals surface area contributed by atoms with Crippen LogP contribution in [-0.2, 0) is 0 Å². The summed E-state index contributed by atoms with van der Waals surface area (Å²) in [6.07, 6.45) is 4.94. The van der Waals surface area contributed by atoms with Crippen LogP contribution in [0.5, 0.6) is 0 Å². The maximum atomic E-state index is 3.94. The van der Waals surface area contributed by atoms with E-state index in [1.165, 1.54) is 6.33 Å². The highest BCUT2D eigenvalue weighted by atomic mass is 15.3. The first-order valence-electron chi connectivity index (χ1n) is 3.48. The minimum Gasteiger partial charge on any atom is -0.323 e. The Morgan fingerprint density at radius 3 is 3.08 bits per heavy atom. The van der Waals surface area contributed by atoms with Crippen LogP contribution >= 0.6 is 0 Å². The minimum absolute atomic E-state index is 0.614. The summed E-state index contributed by atoms with van der Waals surface area (Å²) >= 11 is 0. The molecule has 0 amide bonds. The number of rotatable bonds is 2. The van der Waals surface area contributed by atoms with Crippen LogP contribution in [0.3, 0.4) is 0 Å². The fraction of sp³-hybridized carbons (Fsp3) is 0. The van der Waals surface area contributed by atoms with Crippen molar-refractivity contribution in [1.82, 2.24) is 20.2 Å². The molecule has 2 rings (SSSR count). The molecule has 0 radical (unpaired) electrons. The lowest BCUT2D eigenvalue weighted by Crippen LogP contribution is -1.92. The van der Waals surface area contributed by atoms with E-state index in [2.05, 4.69) is 25.5 Å². The zero-order valence-electron chi connectivity index (χ0n) is 6.23. The van der Waals surface area contributed by atoms with Crippen LogP contribution in [0.2, 0.25) is 0 Å². The fourth-order valence-electron chi connectivity index (χ4n) is 0.840. The lowest BCUT2D eigenvalue weighted by Gasteiger charge is -1.98. The quantitative estimate of drug-likeness (QED) is 0.688. The molecule has 5 nitrogen and oxygen atoms in total. The van der Waals surface area contributed by atoms with Crippen molar-refractivity contribution >= 4 is 11.6 Å². The Balaban J connectivity index is 2.15. The Bertz CT molecular complexity index is 328. The first kappa shape index (κ1) is 6.78. The van der Waals surface area contributed by atoms with Gasteiger partial charge in [0.15, 0.2) is 0 Å². The topological polar surface area (TPSA) is 66.5 Å². The summed E-state index contributed by atoms with van der Waals surface area (Å²) in [4.78, 5) is 6.77. The lowest BCUT2D eigenvalue weighted by atomic mass is 10.4. The van der Waals surface area contributed by atoms with Crippen LogP contribution in [0, 0.1) is 0 Å². The summed E-state index contributed by atoms with van der Waals surface area (Å²) in [5.74, 6) is 0.614. The third-order valence-corrected chi connectivity index (χ3v) is 1.34. The van der Waals surface area contributed by atoms with Gasteiger partial charge in [-0.3, -0.25) is 4.98 Å². The molecule has 0 aromatic carbocycles. The van der Waals surface area contributed by atoms with Gasteiger partial charge in [0.2, 0.25) is 5.95 Å². The summed E-state index contributed by atoms with van der Waals surface area (Å²) in [7, 11) is 0. The van der Waals surface area contributed by atoms with Crippen molar-refractivity contribution in [3.05, 3.63) is 30.9 Å². The number of nitrogens with one attached hydrogen (secondary N) is 2. The van der Waals surface area contributed by atoms with Gasteiger partial charge in [-0.2, -0.15) is 0 Å². The zero-order chi connectivity index (χ0) is 8.23. The van der Waals surface area contributed by atoms with Crippen LogP contribution in [0.25, 0.3) is 0 Å². The van der Waals surface area contributed by atoms with E-state index in [-0.39, 0.29) is 0 Å². The van der Waals surface area contributed by atoms with E-state index in [1.54, 1.807) is 12.4 Å². The van der Waals surface area contributed by atoms with E-state index in [9.17, 15) is 0 Å². The second kappa shape index (κ2) is 3.00. The first-order chi connectivity index (χ1) is 5.95. The molecular formula is C7H7N5. The molecule has 0 atom stereocenters. The number of hydrogen-bond acceptors (Lipinski definition) is 4. The van der Waals surface area contributed by atoms with Gasteiger partial charge in [0, 0.05) is 6.20 Å². The highest BCUT2D eigenvalue weighted by Crippen LogP contribution is 2.07. The van der Waals surface area contributed by atoms with E-state index in [1.807, 2.05) is 12.1 Å². The molecule has 0 aliphatic carbocycles. The van der Waals surface area contributed by atoms with E-state index in [4.69, 9.17) is 0 Å². The number of aromatic nitrogens is 4. The average molecular weight is 161 g/mol. The van der Waals surface area contributed by atoms with Crippen LogP contribution in [-0.4, -0.2) is 20.2 Å². The maximum Gasteiger partial charge on any atom is 0.226 e. The van der Waals surface area contributed by atoms with Crippen LogP contribution in [0.4, 0.5) is 11.6 Å². The SMILES string of the molecule is c1cncc(Nc2nnc[nH]2)c1. The van der Waals surface area contributed by atoms with E-state index < -0.39 is 0 Å². The van der Waals surface area contributed by atoms with Crippen molar-refractivity contribution in [2.75, 3.05) is 5.32 Å². The zero-order valence-corrected chi connectivity index (χ0v) is 6.23. The molecule has 0 saturated heterocycles. The smallest absolute Gasteiger partial charge is 0.226 e. The van der Waals surface area contributed by atoms with Crippen LogP contribution in [0.15, 0.2) is 30.9 Å². The normalized spacial score (nSPS) is 9.67. The molecule has 0 unspecified atom stereocenters. The van der Waals surface area contributed by atoms with E-state index in [0.717, 1.165) is 5.69 Å². The molecule has 12 heavy (non-hydrogen) atoms. The Kier molecular flexibility index (Phi) is 1.69. The Hall–Kier alpha value is -1.91. The molecular weight excluding hydrogens is 154 g/mol. The van der Waals surface area contributed by atoms with Crippen molar-refractivity contribution in [3.8, 4) is 0 Å². The van der Waals surface area contributed by atoms with Gasteiger partial charge in [0.25, 0.3) is 0 Å². The van der Waals surface area contributed by atoms with Gasteiger partial charge in [-0.15, -0.1) is 10.2 Å². The predicted molar refractivity (Wildman–Crippen MR) is 43.9 cm³/mol. The third-order valence-electron chi connectivity index (χ3n) is 1.34. The Morgan fingerprint density at radius 1 is 1.42 bits per heavy atom. The lowest BCUT2D eigenvalue weighted by molar-refractivity contribution is 1.09. The monoisotopic (exact) mass is 161 g/mol. The summed E-state index contributed by atoms with van der Waals surface area (Å²) in [5.41, 5.74) is 0.884. The molecule has 0 saturated carbocycles. The largest absolute Gasteiger partial charge is 0.323 e. The van der Waals surface area contributed by atoms with Gasteiger partial charge in [-0.05, 0) is 12.1 Å². The van der Waals surface area contributed by atoms with Gasteiger partial charge in [0.1, 0.15) is 6.33 Å². The molecule has 2 aromatic rings. The molecule has 2 aromatic heterocycles. The highest BCUT2D eigenvalue weighted by molar-refractivity contribution is 5.50. The summed E-state index contributed by atoms with van der Waals surface area (Å²) in [6.45, 7) is 0. The standard InChI is InChI=1S/C7H7N5/c1-2-6(4-8-3-1)11-7-9-5-10-12-7/h1-5H,(H2,9,10,11,12). The fourth-order valence-corrected chi connectivity index (χ4v) is 0.840. The van der Waals surface area contributed by atoms with Gasteiger partial charge >= 0.3 is 0 Å². The summed E-state index contributed by atoms with van der Waals surface area (Å²) in [5, 5.41) is 10.4. The van der Waals surface area contributed by atoms with E-state index in [0.29, 0.717) is 5.95 Å². The Morgan fingerprint density at radius 2 is 2.42 bits per heavy atom. The van der Waals surface area contributed by atoms with Crippen molar-refractivity contribution in [1.29, 1.82) is 0 Å². The molecule has 0 aliphatic heterocycles. The van der Waals surface area contributed by atoms with Gasteiger partial charge < -0.3 is 10.3 Å². The van der Waals surface area contributed by atoms with Gasteiger partial charge in [0.05, 0.1) is 11.9 Å². The molecule has 0 aliphatic rings. The number of hydrogen-bond donors (Lipinski definition) is 2. The Labute approximate surface area is 68.9 Å². The number of pyridine rings is 1. The maximum absolute atomic E-state index is 3.94. The minimum atomic E-state index is 0.614. The number of anilines is 2. The molecule has 5 heteroatoms. The predicted octanol–water partition coefficient (Wildman–Crippen LogP) is 0.943. The molecule has 60 valence electrons. The van der Waals surface area contributed by atoms with Crippen LogP contribution < -0.4 is 5.32 Å². The first-order valence-corrected chi connectivity index (χ1v) is 3.48. The van der Waals surface area contributed by atoms with Crippen molar-refractivity contribution in [3.63, 3.8) is 0 Å². The average Bonchev–Trinajstić information content (AvgIpc) is 2.59. The number of H-pyrrole nitrogens is 1. The summed E-state index contributed by atoms with van der Waals surface area (Å²) in [6, 6.07) is 3.74. The second-order valence-corrected chi connectivity index (χ2v) is 2.20. The molecule has 0 spiro atoms. The van der Waals surface area contributed by atoms with Crippen molar-refractivity contribution in [2.24, 2.45) is 0 Å². The van der Waals surface area contributed by atoms with Gasteiger partial charge in [-0.25, -0.2) is 0 Å². The molecule has 2 heterocycles. The van der Waals surface area contributed by atoms with E-state index >= 15 is 0 Å². The molecule has 0 fully saturated rings. The number of nitrogens with zero attached hydrogens (tertiary/aromatic N) is 3. The molecule has 0 bridgehead atoms.